The SMILES string of the molecule is CCCc1nc(N)cc(Oc2ccc(F)cc2F)n1. The van der Waals surface area contributed by atoms with Crippen LogP contribution in [-0.2, 0) is 6.42 Å². The minimum Gasteiger partial charge on any atom is -0.436 e. The van der Waals surface area contributed by atoms with E-state index in [9.17, 15) is 8.78 Å². The maximum Gasteiger partial charge on any atom is 0.224 e. The topological polar surface area (TPSA) is 61.0 Å². The lowest BCUT2D eigenvalue weighted by Gasteiger charge is -2.08. The minimum atomic E-state index is -0.797. The molecule has 1 heterocycles. The molecule has 100 valence electrons. The van der Waals surface area contributed by atoms with Gasteiger partial charge in [0.1, 0.15) is 17.5 Å². The van der Waals surface area contributed by atoms with Crippen LogP contribution in [-0.4, -0.2) is 9.97 Å². The maximum absolute atomic E-state index is 13.4. The quantitative estimate of drug-likeness (QED) is 0.922. The van der Waals surface area contributed by atoms with Gasteiger partial charge < -0.3 is 10.5 Å². The van der Waals surface area contributed by atoms with Crippen LogP contribution >= 0.6 is 0 Å². The lowest BCUT2D eigenvalue weighted by atomic mass is 10.3. The molecule has 19 heavy (non-hydrogen) atoms. The molecule has 0 bridgehead atoms. The first-order chi connectivity index (χ1) is 9.08. The van der Waals surface area contributed by atoms with Crippen LogP contribution in [0.3, 0.4) is 0 Å². The second kappa shape index (κ2) is 5.60. The Hall–Kier alpha value is -2.24. The molecule has 0 amide bonds. The van der Waals surface area contributed by atoms with E-state index in [1.165, 1.54) is 12.1 Å². The van der Waals surface area contributed by atoms with Gasteiger partial charge in [-0.1, -0.05) is 6.92 Å². The molecular weight excluding hydrogens is 252 g/mol. The van der Waals surface area contributed by atoms with Gasteiger partial charge in [0.25, 0.3) is 0 Å². The number of benzene rings is 1. The van der Waals surface area contributed by atoms with Gasteiger partial charge in [0.2, 0.25) is 5.88 Å². The Balaban J connectivity index is 2.27. The van der Waals surface area contributed by atoms with E-state index < -0.39 is 11.6 Å². The average molecular weight is 265 g/mol. The van der Waals surface area contributed by atoms with Crippen molar-refractivity contribution in [1.82, 2.24) is 9.97 Å². The third kappa shape index (κ3) is 3.37. The smallest absolute Gasteiger partial charge is 0.224 e. The summed E-state index contributed by atoms with van der Waals surface area (Å²) in [5, 5.41) is 0. The summed E-state index contributed by atoms with van der Waals surface area (Å²) < 4.78 is 31.5. The second-order valence-electron chi connectivity index (χ2n) is 3.97. The van der Waals surface area contributed by atoms with Crippen molar-refractivity contribution in [3.63, 3.8) is 0 Å². The fourth-order valence-corrected chi connectivity index (χ4v) is 1.55. The van der Waals surface area contributed by atoms with E-state index in [0.29, 0.717) is 12.2 Å². The lowest BCUT2D eigenvalue weighted by Crippen LogP contribution is -2.02. The molecule has 0 aliphatic heterocycles. The van der Waals surface area contributed by atoms with Gasteiger partial charge in [-0.25, -0.2) is 13.8 Å². The van der Waals surface area contributed by atoms with Crippen LogP contribution in [0.2, 0.25) is 0 Å². The fourth-order valence-electron chi connectivity index (χ4n) is 1.55. The van der Waals surface area contributed by atoms with Gasteiger partial charge in [-0.05, 0) is 18.6 Å². The number of halogens is 2. The number of hydrogen-bond acceptors (Lipinski definition) is 4. The molecule has 2 aromatic rings. The molecule has 0 saturated heterocycles. The number of anilines is 1. The van der Waals surface area contributed by atoms with E-state index in [0.717, 1.165) is 18.6 Å². The number of rotatable bonds is 4. The van der Waals surface area contributed by atoms with Crippen molar-refractivity contribution in [1.29, 1.82) is 0 Å². The summed E-state index contributed by atoms with van der Waals surface area (Å²) in [5.41, 5.74) is 5.62. The molecule has 1 aromatic carbocycles. The van der Waals surface area contributed by atoms with E-state index in [-0.39, 0.29) is 17.4 Å². The Bertz CT molecular complexity index is 590. The summed E-state index contributed by atoms with van der Waals surface area (Å²) in [5.74, 6) is -0.660. The molecular formula is C13H13F2N3O. The number of nitrogen functional groups attached to an aromatic ring is 1. The number of nitrogens with zero attached hydrogens (tertiary/aromatic N) is 2. The molecule has 0 spiro atoms. The number of nitrogens with two attached hydrogens (primary N) is 1. The minimum absolute atomic E-state index is 0.109. The van der Waals surface area contributed by atoms with Crippen molar-refractivity contribution in [2.24, 2.45) is 0 Å². The number of aryl methyl sites for hydroxylation is 1. The van der Waals surface area contributed by atoms with Gasteiger partial charge in [-0.3, -0.25) is 0 Å². The second-order valence-corrected chi connectivity index (χ2v) is 3.97. The molecule has 0 aliphatic carbocycles. The van der Waals surface area contributed by atoms with E-state index in [1.807, 2.05) is 6.92 Å². The summed E-state index contributed by atoms with van der Waals surface area (Å²) in [6, 6.07) is 4.44. The fraction of sp³-hybridized carbons (Fsp3) is 0.231. The molecule has 0 unspecified atom stereocenters. The first-order valence-corrected chi connectivity index (χ1v) is 5.85. The molecule has 0 atom stereocenters. The van der Waals surface area contributed by atoms with Crippen molar-refractivity contribution < 1.29 is 13.5 Å². The van der Waals surface area contributed by atoms with E-state index >= 15 is 0 Å². The van der Waals surface area contributed by atoms with Gasteiger partial charge in [0, 0.05) is 18.6 Å². The number of ether oxygens (including phenoxy) is 1. The summed E-state index contributed by atoms with van der Waals surface area (Å²) >= 11 is 0. The molecule has 6 heteroatoms. The van der Waals surface area contributed by atoms with Crippen molar-refractivity contribution in [2.75, 3.05) is 5.73 Å². The Labute approximate surface area is 109 Å². The van der Waals surface area contributed by atoms with Gasteiger partial charge in [-0.15, -0.1) is 0 Å². The lowest BCUT2D eigenvalue weighted by molar-refractivity contribution is 0.421. The molecule has 4 nitrogen and oxygen atoms in total. The largest absolute Gasteiger partial charge is 0.436 e. The Kier molecular flexibility index (Phi) is 3.89. The monoisotopic (exact) mass is 265 g/mol. The Morgan fingerprint density at radius 2 is 2.00 bits per heavy atom. The van der Waals surface area contributed by atoms with E-state index in [4.69, 9.17) is 10.5 Å². The van der Waals surface area contributed by atoms with E-state index in [2.05, 4.69) is 9.97 Å². The van der Waals surface area contributed by atoms with Gasteiger partial charge in [-0.2, -0.15) is 4.98 Å². The maximum atomic E-state index is 13.4. The molecule has 2 N–H and O–H groups in total. The predicted octanol–water partition coefficient (Wildman–Crippen LogP) is 3.08. The standard InChI is InChI=1S/C13H13F2N3O/c1-2-3-12-17-11(16)7-13(18-12)19-10-5-4-8(14)6-9(10)15/h4-7H,2-3H2,1H3,(H2,16,17,18). The molecule has 0 aliphatic rings. The zero-order valence-corrected chi connectivity index (χ0v) is 10.4. The highest BCUT2D eigenvalue weighted by Gasteiger charge is 2.09. The summed E-state index contributed by atoms with van der Waals surface area (Å²) in [4.78, 5) is 8.14. The summed E-state index contributed by atoms with van der Waals surface area (Å²) in [6.45, 7) is 1.98. The first-order valence-electron chi connectivity index (χ1n) is 5.85. The van der Waals surface area contributed by atoms with Crippen LogP contribution in [0, 0.1) is 11.6 Å². The predicted molar refractivity (Wildman–Crippen MR) is 66.9 cm³/mol. The summed E-state index contributed by atoms with van der Waals surface area (Å²) in [6.07, 6.45) is 1.50. The Morgan fingerprint density at radius 3 is 2.68 bits per heavy atom. The van der Waals surface area contributed by atoms with Crippen LogP contribution in [0.15, 0.2) is 24.3 Å². The third-order valence-electron chi connectivity index (χ3n) is 2.35. The van der Waals surface area contributed by atoms with Crippen LogP contribution in [0.25, 0.3) is 0 Å². The average Bonchev–Trinajstić information content (AvgIpc) is 2.32. The third-order valence-corrected chi connectivity index (χ3v) is 2.35. The van der Waals surface area contributed by atoms with Crippen molar-refractivity contribution in [2.45, 2.75) is 19.8 Å². The summed E-state index contributed by atoms with van der Waals surface area (Å²) in [7, 11) is 0. The van der Waals surface area contributed by atoms with Crippen LogP contribution in [0.4, 0.5) is 14.6 Å². The molecule has 2 rings (SSSR count). The molecule has 0 fully saturated rings. The Morgan fingerprint density at radius 1 is 1.21 bits per heavy atom. The highest BCUT2D eigenvalue weighted by Crippen LogP contribution is 2.24. The molecule has 1 aromatic heterocycles. The zero-order valence-electron chi connectivity index (χ0n) is 10.4. The van der Waals surface area contributed by atoms with Gasteiger partial charge >= 0.3 is 0 Å². The van der Waals surface area contributed by atoms with Crippen LogP contribution in [0.5, 0.6) is 11.6 Å². The van der Waals surface area contributed by atoms with Gasteiger partial charge in [0.15, 0.2) is 11.6 Å². The van der Waals surface area contributed by atoms with Crippen molar-refractivity contribution >= 4 is 5.82 Å². The first kappa shape index (κ1) is 13.2. The van der Waals surface area contributed by atoms with Crippen molar-refractivity contribution in [3.05, 3.63) is 41.7 Å². The highest BCUT2D eigenvalue weighted by molar-refractivity contribution is 5.36. The van der Waals surface area contributed by atoms with Gasteiger partial charge in [0.05, 0.1) is 0 Å². The van der Waals surface area contributed by atoms with Crippen molar-refractivity contribution in [3.8, 4) is 11.6 Å². The normalized spacial score (nSPS) is 10.5. The van der Waals surface area contributed by atoms with Crippen LogP contribution in [0.1, 0.15) is 19.2 Å². The zero-order chi connectivity index (χ0) is 13.8. The van der Waals surface area contributed by atoms with E-state index in [1.54, 1.807) is 0 Å². The van der Waals surface area contributed by atoms with Crippen LogP contribution < -0.4 is 10.5 Å². The number of aromatic nitrogens is 2. The molecule has 0 saturated carbocycles. The highest BCUT2D eigenvalue weighted by atomic mass is 19.1. The number of hydrogen-bond donors (Lipinski definition) is 1. The molecule has 0 radical (unpaired) electrons.